The molecule has 0 saturated heterocycles. The fourth-order valence-electron chi connectivity index (χ4n) is 1.78. The fraction of sp³-hybridized carbons (Fsp3) is 0.400. The number of alkyl halides is 2. The molecule has 2 N–H and O–H groups in total. The zero-order chi connectivity index (χ0) is 10.1. The molecule has 0 unspecified atom stereocenters. The molecular formula is C10H11F2NO. The van der Waals surface area contributed by atoms with Crippen molar-refractivity contribution in [1.82, 2.24) is 0 Å². The maximum atomic E-state index is 12.6. The van der Waals surface area contributed by atoms with Gasteiger partial charge in [-0.3, -0.25) is 0 Å². The standard InChI is InChI=1S/C10H11F2NO/c11-10(12)7-3-1-2-6-4-14-5-8(13)9(6)7/h1-3,8,10H,4-5,13H2/t8-/m1/s1. The van der Waals surface area contributed by atoms with Crippen molar-refractivity contribution in [3.05, 3.63) is 34.9 Å². The third-order valence-corrected chi connectivity index (χ3v) is 2.39. The number of ether oxygens (including phenoxy) is 1. The van der Waals surface area contributed by atoms with E-state index in [0.717, 1.165) is 5.56 Å². The van der Waals surface area contributed by atoms with Gasteiger partial charge in [-0.1, -0.05) is 18.2 Å². The lowest BCUT2D eigenvalue weighted by atomic mass is 9.94. The minimum absolute atomic E-state index is 0.0401. The lowest BCUT2D eigenvalue weighted by Gasteiger charge is -2.25. The molecule has 1 aliphatic rings. The lowest BCUT2D eigenvalue weighted by Crippen LogP contribution is -2.25. The Morgan fingerprint density at radius 3 is 2.93 bits per heavy atom. The number of hydrogen-bond acceptors (Lipinski definition) is 2. The van der Waals surface area contributed by atoms with Crippen LogP contribution >= 0.6 is 0 Å². The molecular weight excluding hydrogens is 188 g/mol. The normalized spacial score (nSPS) is 21.0. The van der Waals surface area contributed by atoms with Crippen LogP contribution in [-0.2, 0) is 11.3 Å². The molecule has 0 aromatic heterocycles. The van der Waals surface area contributed by atoms with Gasteiger partial charge < -0.3 is 10.5 Å². The average molecular weight is 199 g/mol. The maximum Gasteiger partial charge on any atom is 0.264 e. The molecule has 76 valence electrons. The second kappa shape index (κ2) is 3.63. The molecule has 1 aromatic rings. The number of rotatable bonds is 1. The second-order valence-corrected chi connectivity index (χ2v) is 3.34. The van der Waals surface area contributed by atoms with Gasteiger partial charge in [0.05, 0.1) is 19.3 Å². The molecule has 1 atom stereocenters. The van der Waals surface area contributed by atoms with E-state index in [4.69, 9.17) is 10.5 Å². The number of halogens is 2. The Balaban J connectivity index is 2.52. The molecule has 2 nitrogen and oxygen atoms in total. The molecule has 1 aliphatic heterocycles. The average Bonchev–Trinajstić information content (AvgIpc) is 2.17. The lowest BCUT2D eigenvalue weighted by molar-refractivity contribution is 0.0881. The van der Waals surface area contributed by atoms with Gasteiger partial charge in [-0.25, -0.2) is 8.78 Å². The number of hydrogen-bond donors (Lipinski definition) is 1. The summed E-state index contributed by atoms with van der Waals surface area (Å²) in [6, 6.07) is 4.39. The van der Waals surface area contributed by atoms with Crippen molar-refractivity contribution in [2.45, 2.75) is 19.1 Å². The van der Waals surface area contributed by atoms with Gasteiger partial charge in [-0.15, -0.1) is 0 Å². The summed E-state index contributed by atoms with van der Waals surface area (Å²) in [4.78, 5) is 0. The minimum atomic E-state index is -2.46. The Morgan fingerprint density at radius 2 is 2.21 bits per heavy atom. The van der Waals surface area contributed by atoms with E-state index in [2.05, 4.69) is 0 Å². The molecule has 14 heavy (non-hydrogen) atoms. The van der Waals surface area contributed by atoms with Gasteiger partial charge in [0.25, 0.3) is 6.43 Å². The topological polar surface area (TPSA) is 35.2 Å². The highest BCUT2D eigenvalue weighted by Gasteiger charge is 2.23. The molecule has 1 heterocycles. The first-order valence-electron chi connectivity index (χ1n) is 4.43. The van der Waals surface area contributed by atoms with Crippen molar-refractivity contribution in [3.8, 4) is 0 Å². The van der Waals surface area contributed by atoms with E-state index in [0.29, 0.717) is 18.8 Å². The molecule has 1 aromatic carbocycles. The SMILES string of the molecule is N[C@@H]1COCc2cccc(C(F)F)c21. The van der Waals surface area contributed by atoms with E-state index in [1.54, 1.807) is 12.1 Å². The van der Waals surface area contributed by atoms with Crippen molar-refractivity contribution in [1.29, 1.82) is 0 Å². The van der Waals surface area contributed by atoms with Crippen LogP contribution in [0, 0.1) is 0 Å². The summed E-state index contributed by atoms with van der Waals surface area (Å²) >= 11 is 0. The number of benzene rings is 1. The van der Waals surface area contributed by atoms with Crippen LogP contribution in [0.3, 0.4) is 0 Å². The summed E-state index contributed by atoms with van der Waals surface area (Å²) in [6.07, 6.45) is -2.46. The third kappa shape index (κ3) is 1.51. The van der Waals surface area contributed by atoms with E-state index in [9.17, 15) is 8.78 Å². The molecule has 0 spiro atoms. The van der Waals surface area contributed by atoms with Crippen molar-refractivity contribution in [2.24, 2.45) is 5.73 Å². The number of fused-ring (bicyclic) bond motifs is 1. The molecule has 0 saturated carbocycles. The summed E-state index contributed by atoms with van der Waals surface area (Å²) in [6.45, 7) is 0.695. The van der Waals surface area contributed by atoms with Crippen LogP contribution in [0.15, 0.2) is 18.2 Å². The van der Waals surface area contributed by atoms with Crippen LogP contribution in [0.5, 0.6) is 0 Å². The largest absolute Gasteiger partial charge is 0.375 e. The summed E-state index contributed by atoms with van der Waals surface area (Å²) in [7, 11) is 0. The van der Waals surface area contributed by atoms with E-state index >= 15 is 0 Å². The van der Waals surface area contributed by atoms with Crippen molar-refractivity contribution in [2.75, 3.05) is 6.61 Å². The Kier molecular flexibility index (Phi) is 2.48. The molecule has 0 fully saturated rings. The Bertz CT molecular complexity index is 341. The van der Waals surface area contributed by atoms with E-state index in [-0.39, 0.29) is 5.56 Å². The van der Waals surface area contributed by atoms with Gasteiger partial charge in [0.2, 0.25) is 0 Å². The first-order valence-corrected chi connectivity index (χ1v) is 4.43. The quantitative estimate of drug-likeness (QED) is 0.752. The Hall–Kier alpha value is -1.00. The fourth-order valence-corrected chi connectivity index (χ4v) is 1.78. The Morgan fingerprint density at radius 1 is 1.43 bits per heavy atom. The molecule has 2 rings (SSSR count). The third-order valence-electron chi connectivity index (χ3n) is 2.39. The van der Waals surface area contributed by atoms with Crippen LogP contribution in [0.2, 0.25) is 0 Å². The van der Waals surface area contributed by atoms with Crippen LogP contribution in [0.4, 0.5) is 8.78 Å². The van der Waals surface area contributed by atoms with Crippen LogP contribution in [0.25, 0.3) is 0 Å². The molecule has 0 amide bonds. The highest BCUT2D eigenvalue weighted by molar-refractivity contribution is 5.39. The van der Waals surface area contributed by atoms with Crippen molar-refractivity contribution >= 4 is 0 Å². The van der Waals surface area contributed by atoms with Gasteiger partial charge >= 0.3 is 0 Å². The van der Waals surface area contributed by atoms with Gasteiger partial charge in [0.15, 0.2) is 0 Å². The van der Waals surface area contributed by atoms with Gasteiger partial charge in [0.1, 0.15) is 0 Å². The van der Waals surface area contributed by atoms with Gasteiger partial charge in [0, 0.05) is 5.56 Å². The highest BCUT2D eigenvalue weighted by atomic mass is 19.3. The molecule has 4 heteroatoms. The van der Waals surface area contributed by atoms with E-state index < -0.39 is 12.5 Å². The molecule has 0 radical (unpaired) electrons. The smallest absolute Gasteiger partial charge is 0.264 e. The minimum Gasteiger partial charge on any atom is -0.375 e. The van der Waals surface area contributed by atoms with E-state index in [1.807, 2.05) is 0 Å². The predicted molar refractivity (Wildman–Crippen MR) is 48.0 cm³/mol. The first kappa shape index (κ1) is 9.55. The maximum absolute atomic E-state index is 12.6. The summed E-state index contributed by atoms with van der Waals surface area (Å²) in [5.74, 6) is 0. The van der Waals surface area contributed by atoms with Crippen molar-refractivity contribution < 1.29 is 13.5 Å². The summed E-state index contributed by atoms with van der Waals surface area (Å²) < 4.78 is 30.4. The molecule has 0 bridgehead atoms. The predicted octanol–water partition coefficient (Wildman–Crippen LogP) is 2.15. The molecule has 0 aliphatic carbocycles. The van der Waals surface area contributed by atoms with Gasteiger partial charge in [-0.05, 0) is 11.1 Å². The monoisotopic (exact) mass is 199 g/mol. The zero-order valence-electron chi connectivity index (χ0n) is 7.54. The number of nitrogens with two attached hydrogens (primary N) is 1. The highest BCUT2D eigenvalue weighted by Crippen LogP contribution is 2.32. The van der Waals surface area contributed by atoms with E-state index in [1.165, 1.54) is 6.07 Å². The van der Waals surface area contributed by atoms with Crippen LogP contribution < -0.4 is 5.73 Å². The van der Waals surface area contributed by atoms with Crippen molar-refractivity contribution in [3.63, 3.8) is 0 Å². The zero-order valence-corrected chi connectivity index (χ0v) is 7.54. The van der Waals surface area contributed by atoms with Crippen LogP contribution in [0.1, 0.15) is 29.2 Å². The van der Waals surface area contributed by atoms with Gasteiger partial charge in [-0.2, -0.15) is 0 Å². The summed E-state index contributed by atoms with van der Waals surface area (Å²) in [5.41, 5.74) is 7.11. The second-order valence-electron chi connectivity index (χ2n) is 3.34. The first-order chi connectivity index (χ1) is 6.70. The summed E-state index contributed by atoms with van der Waals surface area (Å²) in [5, 5.41) is 0. The van der Waals surface area contributed by atoms with Crippen LogP contribution in [-0.4, -0.2) is 6.61 Å². The Labute approximate surface area is 80.7 Å².